The zero-order valence-electron chi connectivity index (χ0n) is 51.3. The molecule has 24 heteroatoms. The smallest absolute Gasteiger partial charge is 0.333 e. The lowest BCUT2D eigenvalue weighted by Gasteiger charge is -2.66. The molecule has 4 aliphatic carbocycles. The van der Waals surface area contributed by atoms with E-state index >= 15 is 0 Å². The van der Waals surface area contributed by atoms with Crippen molar-refractivity contribution >= 4 is 5.97 Å². The van der Waals surface area contributed by atoms with Crippen molar-refractivity contribution in [2.75, 3.05) is 35.0 Å². The third kappa shape index (κ3) is 12.3. The molecule has 8 N–H and O–H groups in total. The molecule has 9 rings (SSSR count). The van der Waals surface area contributed by atoms with Crippen LogP contribution in [-0.2, 0) is 75.8 Å². The maximum atomic E-state index is 12.8. The molecule has 26 unspecified atom stereocenters. The molecule has 0 aromatic heterocycles. The van der Waals surface area contributed by atoms with E-state index in [0.29, 0.717) is 44.1 Å². The lowest BCUT2D eigenvalue weighted by molar-refractivity contribution is -0.374. The number of aliphatic hydroxyl groups excluding tert-OH is 7. The second kappa shape index (κ2) is 27.0. The standard InChI is InChI=1S/C60H100O24/c1-14-26(2)55(68)77-27(3)34-18-20-60(69)35-16-15-32-21-33(17-19-58(32,8)43(35)45(63)54(67)59(34,60)9)79-40-22-36(70-10)49(28(4)74-40)81-41-23-37(71-11)50(29(5)75-41)82-42-24-38(72-12)51(30(6)76-42)83-57-48(66)53(73-13)52(31(7)78-57)84-56-47(65)46(64)44(62)39(25-61)80-56/h14,27-54,56-57,61-67,69H,15-25H2,1-13H3/b26-14+/t27?,28?,29?,30?,31?,32?,33-,34+,35?,36?,37?,38?,39?,40?,41?,42?,43?,44?,45-,46?,47?,48?,49?,50?,51?,52?,53?,54+,56?,57?,58-,59-,60-/m0/s1. The van der Waals surface area contributed by atoms with E-state index in [0.717, 1.165) is 19.3 Å². The largest absolute Gasteiger partial charge is 0.459 e. The fourth-order valence-corrected chi connectivity index (χ4v) is 16.8. The van der Waals surface area contributed by atoms with E-state index in [4.69, 9.17) is 71.1 Å². The monoisotopic (exact) mass is 1200 g/mol. The van der Waals surface area contributed by atoms with Crippen LogP contribution in [0.1, 0.15) is 127 Å². The van der Waals surface area contributed by atoms with Crippen LogP contribution < -0.4 is 0 Å². The van der Waals surface area contributed by atoms with Crippen LogP contribution in [0.15, 0.2) is 11.6 Å². The van der Waals surface area contributed by atoms with E-state index in [1.54, 1.807) is 55.1 Å². The highest BCUT2D eigenvalue weighted by Gasteiger charge is 2.74. The van der Waals surface area contributed by atoms with Gasteiger partial charge >= 0.3 is 5.97 Å². The molecule has 5 saturated heterocycles. The minimum Gasteiger partial charge on any atom is -0.459 e. The summed E-state index contributed by atoms with van der Waals surface area (Å²) < 4.78 is 93.3. The second-order valence-electron chi connectivity index (χ2n) is 26.2. The maximum Gasteiger partial charge on any atom is 0.333 e. The van der Waals surface area contributed by atoms with E-state index in [1.807, 2.05) is 27.7 Å². The Bertz CT molecular complexity index is 2190. The number of hydrogen-bond acceptors (Lipinski definition) is 24. The first-order chi connectivity index (χ1) is 39.8. The number of allylic oxidation sites excluding steroid dienone is 1. The molecular formula is C60H100O24. The molecule has 84 heavy (non-hydrogen) atoms. The average molecular weight is 1210 g/mol. The summed E-state index contributed by atoms with van der Waals surface area (Å²) >= 11 is 0. The molecule has 9 aliphatic rings. The summed E-state index contributed by atoms with van der Waals surface area (Å²) in [6, 6.07) is 0. The number of aliphatic hydroxyl groups is 8. The topological polar surface area (TPSA) is 317 Å². The van der Waals surface area contributed by atoms with Gasteiger partial charge in [-0.3, -0.25) is 0 Å². The van der Waals surface area contributed by atoms with Crippen LogP contribution in [0, 0.1) is 34.5 Å². The third-order valence-corrected chi connectivity index (χ3v) is 21.8. The summed E-state index contributed by atoms with van der Waals surface area (Å²) in [5, 5.41) is 89.7. The maximum absolute atomic E-state index is 12.8. The Morgan fingerprint density at radius 3 is 1.65 bits per heavy atom. The first-order valence-corrected chi connectivity index (χ1v) is 30.7. The van der Waals surface area contributed by atoms with Crippen LogP contribution in [0.5, 0.6) is 0 Å². The molecule has 0 aromatic carbocycles. The lowest BCUT2D eigenvalue weighted by Crippen LogP contribution is -2.72. The van der Waals surface area contributed by atoms with Crippen molar-refractivity contribution in [3.63, 3.8) is 0 Å². The number of ether oxygens (including phenoxy) is 15. The molecule has 0 aromatic rings. The van der Waals surface area contributed by atoms with Gasteiger partial charge in [0, 0.05) is 64.6 Å². The second-order valence-corrected chi connectivity index (χ2v) is 26.2. The SMILES string of the molecule is C/C=C(\C)C(=O)OC(C)[C@H]1CC[C@]2(O)C3CCC4C[C@@H](OC5CC(OC)C(OC6CC(OC)C(OC7CC(OC)C(OC8OC(C)C(OC9OC(CO)C(O)C(O)C9O)C(OC)C8O)C(C)O7)C(C)O6)C(C)O5)CC[C@]4(C)C3[C@H](O)[C@@H](O)[C@]12C. The van der Waals surface area contributed by atoms with Gasteiger partial charge in [-0.25, -0.2) is 4.79 Å². The van der Waals surface area contributed by atoms with Gasteiger partial charge in [-0.05, 0) is 117 Å². The van der Waals surface area contributed by atoms with E-state index in [1.165, 1.54) is 7.11 Å². The van der Waals surface area contributed by atoms with Crippen LogP contribution in [0.2, 0.25) is 0 Å². The van der Waals surface area contributed by atoms with Crippen molar-refractivity contribution in [1.29, 1.82) is 0 Å². The van der Waals surface area contributed by atoms with E-state index < -0.39 is 177 Å². The normalized spacial score (nSPS) is 52.2. The Labute approximate surface area is 494 Å². The average Bonchev–Trinajstić information content (AvgIpc) is 2.32. The van der Waals surface area contributed by atoms with Crippen LogP contribution in [0.25, 0.3) is 0 Å². The van der Waals surface area contributed by atoms with Crippen molar-refractivity contribution < 1.29 is 117 Å². The molecule has 484 valence electrons. The Hall–Kier alpha value is -1.67. The lowest BCUT2D eigenvalue weighted by atomic mass is 9.41. The molecule has 5 aliphatic heterocycles. The molecule has 24 nitrogen and oxygen atoms in total. The molecule has 0 spiro atoms. The first kappa shape index (κ1) is 66.7. The quantitative estimate of drug-likeness (QED) is 0.0552. The summed E-state index contributed by atoms with van der Waals surface area (Å²) in [7, 11) is 6.17. The minimum absolute atomic E-state index is 0.119. The number of rotatable bonds is 18. The third-order valence-electron chi connectivity index (χ3n) is 21.8. The van der Waals surface area contributed by atoms with Crippen LogP contribution >= 0.6 is 0 Å². The molecule has 0 bridgehead atoms. The highest BCUT2D eigenvalue weighted by atomic mass is 16.8. The van der Waals surface area contributed by atoms with Gasteiger partial charge < -0.3 is 112 Å². The number of carbonyl (C=O) groups excluding carboxylic acids is 1. The predicted octanol–water partition coefficient (Wildman–Crippen LogP) is 1.90. The first-order valence-electron chi connectivity index (χ1n) is 30.7. The Kier molecular flexibility index (Phi) is 21.5. The molecule has 0 amide bonds. The van der Waals surface area contributed by atoms with Crippen molar-refractivity contribution in [3.8, 4) is 0 Å². The Morgan fingerprint density at radius 2 is 1.12 bits per heavy atom. The Balaban J connectivity index is 0.754. The highest BCUT2D eigenvalue weighted by Crippen LogP contribution is 2.69. The number of hydrogen-bond donors (Lipinski definition) is 8. The summed E-state index contributed by atoms with van der Waals surface area (Å²) in [6.45, 7) is 16.1. The van der Waals surface area contributed by atoms with E-state index in [9.17, 15) is 45.6 Å². The Morgan fingerprint density at radius 1 is 0.595 bits per heavy atom. The van der Waals surface area contributed by atoms with Crippen LogP contribution in [0.3, 0.4) is 0 Å². The molecule has 5 heterocycles. The van der Waals surface area contributed by atoms with Crippen molar-refractivity contribution in [1.82, 2.24) is 0 Å². The van der Waals surface area contributed by atoms with E-state index in [2.05, 4.69) is 6.92 Å². The predicted molar refractivity (Wildman–Crippen MR) is 293 cm³/mol. The fourth-order valence-electron chi connectivity index (χ4n) is 16.8. The molecular weight excluding hydrogens is 1100 g/mol. The number of fused-ring (bicyclic) bond motifs is 5. The number of esters is 1. The van der Waals surface area contributed by atoms with Gasteiger partial charge in [0.15, 0.2) is 31.5 Å². The van der Waals surface area contributed by atoms with Gasteiger partial charge in [0.25, 0.3) is 0 Å². The van der Waals surface area contributed by atoms with Crippen molar-refractivity contribution in [3.05, 3.63) is 11.6 Å². The number of methoxy groups -OCH3 is 4. The van der Waals surface area contributed by atoms with Gasteiger partial charge in [-0.1, -0.05) is 19.9 Å². The summed E-state index contributed by atoms with van der Waals surface area (Å²) in [5.74, 6) is -1.13. The molecule has 4 saturated carbocycles. The zero-order chi connectivity index (χ0) is 61.1. The van der Waals surface area contributed by atoms with Crippen LogP contribution in [0.4, 0.5) is 0 Å². The van der Waals surface area contributed by atoms with Gasteiger partial charge in [0.05, 0.1) is 73.2 Å². The van der Waals surface area contributed by atoms with Gasteiger partial charge in [0.1, 0.15) is 67.1 Å². The minimum atomic E-state index is -1.68. The molecule has 9 fully saturated rings. The number of carbonyl (C=O) groups is 1. The van der Waals surface area contributed by atoms with Crippen LogP contribution in [-0.4, -0.2) is 247 Å². The van der Waals surface area contributed by atoms with Gasteiger partial charge in [0.2, 0.25) is 0 Å². The zero-order valence-corrected chi connectivity index (χ0v) is 51.3. The fraction of sp³-hybridized carbons (Fsp3) is 0.950. The van der Waals surface area contributed by atoms with Gasteiger partial charge in [-0.15, -0.1) is 0 Å². The molecule has 0 radical (unpaired) electrons. The van der Waals surface area contributed by atoms with Crippen molar-refractivity contribution in [2.45, 2.75) is 292 Å². The summed E-state index contributed by atoms with van der Waals surface area (Å²) in [6.07, 6.45) is -15.6. The summed E-state index contributed by atoms with van der Waals surface area (Å²) in [5.41, 5.74) is -2.18. The van der Waals surface area contributed by atoms with Crippen molar-refractivity contribution in [2.24, 2.45) is 34.5 Å². The van der Waals surface area contributed by atoms with E-state index in [-0.39, 0.29) is 41.6 Å². The summed E-state index contributed by atoms with van der Waals surface area (Å²) in [4.78, 5) is 12.8. The highest BCUT2D eigenvalue weighted by molar-refractivity contribution is 5.87. The molecule has 33 atom stereocenters. The van der Waals surface area contributed by atoms with Gasteiger partial charge in [-0.2, -0.15) is 0 Å².